The van der Waals surface area contributed by atoms with Gasteiger partial charge in [-0.2, -0.15) is 0 Å². The molecule has 1 aromatic heterocycles. The molecule has 0 aliphatic heterocycles. The lowest BCUT2D eigenvalue weighted by molar-refractivity contribution is 0.0937. The molecule has 3 aromatic rings. The van der Waals surface area contributed by atoms with E-state index < -0.39 is 10.0 Å². The summed E-state index contributed by atoms with van der Waals surface area (Å²) in [4.78, 5) is 14.8. The van der Waals surface area contributed by atoms with Crippen LogP contribution in [0.2, 0.25) is 0 Å². The van der Waals surface area contributed by atoms with Crippen LogP contribution in [-0.4, -0.2) is 50.4 Å². The summed E-state index contributed by atoms with van der Waals surface area (Å²) in [6.07, 6.45) is 0. The second-order valence-electron chi connectivity index (χ2n) is 7.62. The van der Waals surface area contributed by atoms with Gasteiger partial charge in [-0.3, -0.25) is 9.69 Å². The third-order valence-electron chi connectivity index (χ3n) is 5.12. The number of ether oxygens (including phenoxy) is 1. The van der Waals surface area contributed by atoms with Gasteiger partial charge in [-0.15, -0.1) is 0 Å². The molecule has 9 heteroatoms. The van der Waals surface area contributed by atoms with Crippen molar-refractivity contribution in [2.45, 2.75) is 18.7 Å². The fourth-order valence-corrected chi connectivity index (χ4v) is 4.00. The van der Waals surface area contributed by atoms with Crippen molar-refractivity contribution in [2.75, 3.05) is 26.7 Å². The lowest BCUT2D eigenvalue weighted by Crippen LogP contribution is -2.30. The van der Waals surface area contributed by atoms with Crippen LogP contribution in [0.3, 0.4) is 0 Å². The fourth-order valence-electron chi connectivity index (χ4n) is 3.49. The van der Waals surface area contributed by atoms with E-state index in [1.807, 2.05) is 36.4 Å². The molecule has 2 N–H and O–H groups in total. The Labute approximate surface area is 187 Å². The Morgan fingerprint density at radius 1 is 1.09 bits per heavy atom. The number of hydrogen-bond donors (Lipinski definition) is 1. The summed E-state index contributed by atoms with van der Waals surface area (Å²) in [5.41, 5.74) is 2.97. The quantitative estimate of drug-likeness (QED) is 0.496. The zero-order valence-corrected chi connectivity index (χ0v) is 19.0. The van der Waals surface area contributed by atoms with Crippen LogP contribution in [0.1, 0.15) is 21.7 Å². The molecule has 7 nitrogen and oxygen atoms in total. The summed E-state index contributed by atoms with van der Waals surface area (Å²) in [7, 11) is -1.94. The SMILES string of the molecule is Cc1cc(C(=O)CN(C)CCOc2ccc(F)cc2)c(C)n1-c1ccc(S(N)(=O)=O)cc1. The minimum Gasteiger partial charge on any atom is -0.492 e. The molecule has 0 aliphatic rings. The second kappa shape index (κ2) is 9.64. The molecule has 3 rings (SSSR count). The van der Waals surface area contributed by atoms with Crippen molar-refractivity contribution < 1.29 is 22.3 Å². The molecule has 0 saturated carbocycles. The lowest BCUT2D eigenvalue weighted by Gasteiger charge is -2.16. The zero-order valence-electron chi connectivity index (χ0n) is 18.2. The van der Waals surface area contributed by atoms with Gasteiger partial charge in [0.05, 0.1) is 11.4 Å². The molecule has 0 amide bonds. The zero-order chi connectivity index (χ0) is 23.5. The maximum absolute atomic E-state index is 12.9. The van der Waals surface area contributed by atoms with Crippen molar-refractivity contribution in [3.63, 3.8) is 0 Å². The van der Waals surface area contributed by atoms with Crippen molar-refractivity contribution in [3.8, 4) is 11.4 Å². The van der Waals surface area contributed by atoms with E-state index in [1.54, 1.807) is 24.3 Å². The fraction of sp³-hybridized carbons (Fsp3) is 0.261. The molecule has 0 atom stereocenters. The van der Waals surface area contributed by atoms with Crippen LogP contribution in [0.5, 0.6) is 5.75 Å². The average molecular weight is 460 g/mol. The van der Waals surface area contributed by atoms with Gasteiger partial charge in [0.2, 0.25) is 10.0 Å². The lowest BCUT2D eigenvalue weighted by atomic mass is 10.1. The molecule has 32 heavy (non-hydrogen) atoms. The largest absolute Gasteiger partial charge is 0.492 e. The Hall–Kier alpha value is -3.01. The number of carbonyl (C=O) groups excluding carboxylic acids is 1. The number of benzene rings is 2. The molecule has 0 unspecified atom stereocenters. The number of likely N-dealkylation sites (N-methyl/N-ethyl adjacent to an activating group) is 1. The van der Waals surface area contributed by atoms with Gasteiger partial charge >= 0.3 is 0 Å². The number of nitrogens with two attached hydrogens (primary N) is 1. The van der Waals surface area contributed by atoms with Crippen LogP contribution in [0.15, 0.2) is 59.5 Å². The predicted molar refractivity (Wildman–Crippen MR) is 120 cm³/mol. The summed E-state index contributed by atoms with van der Waals surface area (Å²) in [5.74, 6) is 0.218. The first kappa shape index (κ1) is 23.6. The number of rotatable bonds is 9. The second-order valence-corrected chi connectivity index (χ2v) is 9.18. The van der Waals surface area contributed by atoms with Gasteiger partial charge in [-0.05, 0) is 75.5 Å². The van der Waals surface area contributed by atoms with Crippen LogP contribution in [0.25, 0.3) is 5.69 Å². The Bertz CT molecular complexity index is 1200. The third-order valence-corrected chi connectivity index (χ3v) is 6.05. The van der Waals surface area contributed by atoms with Crippen molar-refractivity contribution in [1.82, 2.24) is 9.47 Å². The summed E-state index contributed by atoms with van der Waals surface area (Å²) >= 11 is 0. The molecule has 1 heterocycles. The van der Waals surface area contributed by atoms with Gasteiger partial charge in [0, 0.05) is 29.2 Å². The van der Waals surface area contributed by atoms with Crippen molar-refractivity contribution in [2.24, 2.45) is 5.14 Å². The van der Waals surface area contributed by atoms with Crippen molar-refractivity contribution >= 4 is 15.8 Å². The molecule has 0 aliphatic carbocycles. The number of hydrogen-bond acceptors (Lipinski definition) is 5. The molecule has 0 saturated heterocycles. The highest BCUT2D eigenvalue weighted by molar-refractivity contribution is 7.89. The van der Waals surface area contributed by atoms with E-state index in [0.29, 0.717) is 24.5 Å². The molecule has 0 bridgehead atoms. The van der Waals surface area contributed by atoms with E-state index in [2.05, 4.69) is 0 Å². The summed E-state index contributed by atoms with van der Waals surface area (Å²) in [5, 5.41) is 5.16. The number of aromatic nitrogens is 1. The number of carbonyl (C=O) groups is 1. The molecular weight excluding hydrogens is 433 g/mol. The van der Waals surface area contributed by atoms with Crippen LogP contribution >= 0.6 is 0 Å². The number of nitrogens with zero attached hydrogens (tertiary/aromatic N) is 2. The molecule has 170 valence electrons. The predicted octanol–water partition coefficient (Wildman–Crippen LogP) is 3.07. The molecule has 2 aromatic carbocycles. The van der Waals surface area contributed by atoms with Gasteiger partial charge in [-0.25, -0.2) is 17.9 Å². The van der Waals surface area contributed by atoms with E-state index >= 15 is 0 Å². The van der Waals surface area contributed by atoms with Gasteiger partial charge < -0.3 is 9.30 Å². The molecule has 0 fully saturated rings. The first-order valence-electron chi connectivity index (χ1n) is 9.98. The Kier molecular flexibility index (Phi) is 7.12. The highest BCUT2D eigenvalue weighted by Crippen LogP contribution is 2.22. The normalized spacial score (nSPS) is 11.7. The first-order chi connectivity index (χ1) is 15.1. The number of Topliss-reactive ketones (excluding diaryl/α,β-unsaturated/α-hetero) is 1. The van der Waals surface area contributed by atoms with Gasteiger partial charge in [0.25, 0.3) is 0 Å². The van der Waals surface area contributed by atoms with E-state index in [9.17, 15) is 17.6 Å². The van der Waals surface area contributed by atoms with Crippen molar-refractivity contribution in [3.05, 3.63) is 77.4 Å². The molecule has 0 radical (unpaired) electrons. The monoisotopic (exact) mass is 459 g/mol. The number of sulfonamides is 1. The van der Waals surface area contributed by atoms with Crippen LogP contribution in [-0.2, 0) is 10.0 Å². The van der Waals surface area contributed by atoms with Crippen LogP contribution in [0, 0.1) is 19.7 Å². The smallest absolute Gasteiger partial charge is 0.238 e. The van der Waals surface area contributed by atoms with Gasteiger partial charge in [0.15, 0.2) is 5.78 Å². The minimum absolute atomic E-state index is 0.0319. The summed E-state index contributed by atoms with van der Waals surface area (Å²) in [6.45, 7) is 4.84. The third kappa shape index (κ3) is 5.61. The number of primary sulfonamides is 1. The minimum atomic E-state index is -3.77. The van der Waals surface area contributed by atoms with Crippen LogP contribution in [0.4, 0.5) is 4.39 Å². The maximum Gasteiger partial charge on any atom is 0.238 e. The van der Waals surface area contributed by atoms with Gasteiger partial charge in [0.1, 0.15) is 18.2 Å². The van der Waals surface area contributed by atoms with E-state index in [4.69, 9.17) is 9.88 Å². The Morgan fingerprint density at radius 2 is 1.72 bits per heavy atom. The summed E-state index contributed by atoms with van der Waals surface area (Å²) < 4.78 is 43.4. The number of ketones is 1. The molecular formula is C23H26FN3O4S. The molecule has 0 spiro atoms. The number of aryl methyl sites for hydroxylation is 1. The Balaban J connectivity index is 1.65. The van der Waals surface area contributed by atoms with E-state index in [0.717, 1.165) is 17.1 Å². The van der Waals surface area contributed by atoms with E-state index in [1.165, 1.54) is 24.3 Å². The highest BCUT2D eigenvalue weighted by atomic mass is 32.2. The Morgan fingerprint density at radius 3 is 2.31 bits per heavy atom. The van der Waals surface area contributed by atoms with Gasteiger partial charge in [-0.1, -0.05) is 0 Å². The average Bonchev–Trinajstić information content (AvgIpc) is 3.03. The van der Waals surface area contributed by atoms with Crippen LogP contribution < -0.4 is 9.88 Å². The van der Waals surface area contributed by atoms with Crippen molar-refractivity contribution in [1.29, 1.82) is 0 Å². The highest BCUT2D eigenvalue weighted by Gasteiger charge is 2.18. The topological polar surface area (TPSA) is 94.6 Å². The summed E-state index contributed by atoms with van der Waals surface area (Å²) in [6, 6.07) is 13.8. The maximum atomic E-state index is 12.9. The van der Waals surface area contributed by atoms with E-state index in [-0.39, 0.29) is 23.0 Å². The number of halogens is 1. The first-order valence-corrected chi connectivity index (χ1v) is 11.5. The standard InChI is InChI=1S/C23H26FN3O4S/c1-16-14-22(17(2)27(16)19-6-10-21(11-7-19)32(25,29)30)23(28)15-26(3)12-13-31-20-8-4-18(24)5-9-20/h4-11,14H,12-13,15H2,1-3H3,(H2,25,29,30).